The van der Waals surface area contributed by atoms with E-state index in [0.29, 0.717) is 19.0 Å². The number of rotatable bonds is 5. The SMILES string of the molecule is Cc1cnn(C)c1-c1ccc2nc(Nc3cc(C(C)N4CCN(C(=O)OC(C)(C)C)CC4)ccn3)[nH]c2c1. The van der Waals surface area contributed by atoms with E-state index in [0.717, 1.165) is 52.3 Å². The molecular formula is C28H36N8O2. The number of ether oxygens (including phenoxy) is 1. The number of carbonyl (C=O) groups excluding carboxylic acids is 1. The fourth-order valence-corrected chi connectivity index (χ4v) is 4.90. The first kappa shape index (κ1) is 25.7. The zero-order chi connectivity index (χ0) is 27.0. The van der Waals surface area contributed by atoms with Crippen LogP contribution in [0.1, 0.15) is 44.9 Å². The lowest BCUT2D eigenvalue weighted by Gasteiger charge is -2.38. The number of nitrogens with zero attached hydrogens (tertiary/aromatic N) is 6. The van der Waals surface area contributed by atoms with Gasteiger partial charge in [-0.15, -0.1) is 0 Å². The molecule has 38 heavy (non-hydrogen) atoms. The number of hydrogen-bond acceptors (Lipinski definition) is 7. The Labute approximate surface area is 223 Å². The molecule has 2 N–H and O–H groups in total. The molecule has 10 nitrogen and oxygen atoms in total. The second kappa shape index (κ2) is 10.1. The van der Waals surface area contributed by atoms with Crippen molar-refractivity contribution in [3.63, 3.8) is 0 Å². The fourth-order valence-electron chi connectivity index (χ4n) is 4.90. The highest BCUT2D eigenvalue weighted by Gasteiger charge is 2.28. The summed E-state index contributed by atoms with van der Waals surface area (Å²) < 4.78 is 7.42. The number of aryl methyl sites for hydroxylation is 2. The highest BCUT2D eigenvalue weighted by Crippen LogP contribution is 2.28. The molecule has 1 aliphatic heterocycles. The Hall–Kier alpha value is -3.92. The van der Waals surface area contributed by atoms with Crippen LogP contribution in [0, 0.1) is 6.92 Å². The number of H-pyrrole nitrogens is 1. The number of nitrogens with one attached hydrogen (secondary N) is 2. The summed E-state index contributed by atoms with van der Waals surface area (Å²) in [7, 11) is 1.95. The normalized spacial score (nSPS) is 15.6. The highest BCUT2D eigenvalue weighted by molar-refractivity contribution is 5.83. The molecule has 200 valence electrons. The maximum atomic E-state index is 12.4. The summed E-state index contributed by atoms with van der Waals surface area (Å²) in [5, 5.41) is 7.69. The maximum Gasteiger partial charge on any atom is 0.410 e. The summed E-state index contributed by atoms with van der Waals surface area (Å²) in [6, 6.07) is 10.5. The lowest BCUT2D eigenvalue weighted by molar-refractivity contribution is 0.0110. The number of benzene rings is 1. The monoisotopic (exact) mass is 516 g/mol. The average Bonchev–Trinajstić information content (AvgIpc) is 3.43. The van der Waals surface area contributed by atoms with Crippen LogP contribution in [0.25, 0.3) is 22.3 Å². The first-order valence-corrected chi connectivity index (χ1v) is 13.0. The third-order valence-electron chi connectivity index (χ3n) is 6.90. The van der Waals surface area contributed by atoms with Gasteiger partial charge in [0, 0.05) is 51.0 Å². The standard InChI is InChI=1S/C28H36N8O2/c1-18-17-30-34(6)25(18)21-7-8-22-23(15-21)32-26(31-22)33-24-16-20(9-10-29-24)19(2)35-11-13-36(14-12-35)27(37)38-28(3,4)5/h7-10,15-17,19H,11-14H2,1-6H3,(H2,29,31,32,33). The molecule has 1 amide bonds. The van der Waals surface area contributed by atoms with E-state index in [1.54, 1.807) is 4.90 Å². The minimum Gasteiger partial charge on any atom is -0.444 e. The van der Waals surface area contributed by atoms with E-state index in [-0.39, 0.29) is 12.1 Å². The van der Waals surface area contributed by atoms with Crippen molar-refractivity contribution < 1.29 is 9.53 Å². The average molecular weight is 517 g/mol. The third-order valence-corrected chi connectivity index (χ3v) is 6.90. The van der Waals surface area contributed by atoms with E-state index in [1.807, 2.05) is 57.0 Å². The van der Waals surface area contributed by atoms with Crippen molar-refractivity contribution in [2.75, 3.05) is 31.5 Å². The van der Waals surface area contributed by atoms with Crippen LogP contribution >= 0.6 is 0 Å². The number of fused-ring (bicyclic) bond motifs is 1. The molecule has 3 aromatic heterocycles. The molecule has 1 atom stereocenters. The van der Waals surface area contributed by atoms with Gasteiger partial charge < -0.3 is 19.9 Å². The molecule has 0 aliphatic carbocycles. The number of piperazine rings is 1. The molecule has 0 saturated carbocycles. The molecule has 0 radical (unpaired) electrons. The van der Waals surface area contributed by atoms with Crippen LogP contribution in [0.3, 0.4) is 0 Å². The van der Waals surface area contributed by atoms with E-state index in [2.05, 4.69) is 57.3 Å². The van der Waals surface area contributed by atoms with Crippen LogP contribution in [-0.4, -0.2) is 72.4 Å². The Morgan fingerprint density at radius 3 is 2.58 bits per heavy atom. The Kier molecular flexibility index (Phi) is 6.83. The van der Waals surface area contributed by atoms with Crippen molar-refractivity contribution in [3.05, 3.63) is 53.9 Å². The maximum absolute atomic E-state index is 12.4. The number of anilines is 2. The van der Waals surface area contributed by atoms with Crippen molar-refractivity contribution >= 4 is 28.9 Å². The summed E-state index contributed by atoms with van der Waals surface area (Å²) in [5.74, 6) is 1.37. The van der Waals surface area contributed by atoms with E-state index in [1.165, 1.54) is 0 Å². The predicted octanol–water partition coefficient (Wildman–Crippen LogP) is 5.02. The lowest BCUT2D eigenvalue weighted by atomic mass is 10.1. The topological polar surface area (TPSA) is 104 Å². The number of carbonyl (C=O) groups is 1. The van der Waals surface area contributed by atoms with Crippen LogP contribution in [0.4, 0.5) is 16.6 Å². The number of amides is 1. The molecule has 0 bridgehead atoms. The van der Waals surface area contributed by atoms with Crippen molar-refractivity contribution in [3.8, 4) is 11.3 Å². The van der Waals surface area contributed by atoms with E-state index in [4.69, 9.17) is 9.72 Å². The van der Waals surface area contributed by atoms with Gasteiger partial charge in [-0.1, -0.05) is 6.07 Å². The molecule has 1 aromatic carbocycles. The van der Waals surface area contributed by atoms with Crippen LogP contribution in [0.15, 0.2) is 42.7 Å². The van der Waals surface area contributed by atoms with Crippen LogP contribution in [0.5, 0.6) is 0 Å². The van der Waals surface area contributed by atoms with Gasteiger partial charge in [-0.25, -0.2) is 14.8 Å². The Morgan fingerprint density at radius 2 is 1.89 bits per heavy atom. The zero-order valence-corrected chi connectivity index (χ0v) is 22.9. The van der Waals surface area contributed by atoms with Gasteiger partial charge in [0.1, 0.15) is 11.4 Å². The summed E-state index contributed by atoms with van der Waals surface area (Å²) in [4.78, 5) is 29.2. The highest BCUT2D eigenvalue weighted by atomic mass is 16.6. The van der Waals surface area contributed by atoms with Crippen molar-refractivity contribution in [1.29, 1.82) is 0 Å². The van der Waals surface area contributed by atoms with Crippen molar-refractivity contribution in [2.24, 2.45) is 7.05 Å². The third kappa shape index (κ3) is 5.50. The molecule has 5 rings (SSSR count). The number of imidazole rings is 1. The van der Waals surface area contributed by atoms with Crippen molar-refractivity contribution in [2.45, 2.75) is 46.3 Å². The van der Waals surface area contributed by atoms with Gasteiger partial charge in [0.15, 0.2) is 0 Å². The molecule has 0 spiro atoms. The van der Waals surface area contributed by atoms with Gasteiger partial charge in [0.25, 0.3) is 0 Å². The summed E-state index contributed by atoms with van der Waals surface area (Å²) in [5.41, 5.74) is 5.80. The minimum atomic E-state index is -0.484. The minimum absolute atomic E-state index is 0.180. The van der Waals surface area contributed by atoms with E-state index < -0.39 is 5.60 Å². The quantitative estimate of drug-likeness (QED) is 0.384. The summed E-state index contributed by atoms with van der Waals surface area (Å²) in [6.45, 7) is 12.8. The van der Waals surface area contributed by atoms with E-state index in [9.17, 15) is 4.79 Å². The molecule has 1 saturated heterocycles. The Morgan fingerprint density at radius 1 is 1.13 bits per heavy atom. The fraction of sp³-hybridized carbons (Fsp3) is 0.429. The summed E-state index contributed by atoms with van der Waals surface area (Å²) in [6.07, 6.45) is 3.45. The number of aromatic amines is 1. The predicted molar refractivity (Wildman–Crippen MR) is 148 cm³/mol. The van der Waals surface area contributed by atoms with Gasteiger partial charge in [-0.05, 0) is 70.0 Å². The van der Waals surface area contributed by atoms with Gasteiger partial charge in [0.2, 0.25) is 5.95 Å². The number of aromatic nitrogens is 5. The molecular weight excluding hydrogens is 480 g/mol. The van der Waals surface area contributed by atoms with E-state index >= 15 is 0 Å². The van der Waals surface area contributed by atoms with Crippen LogP contribution in [-0.2, 0) is 11.8 Å². The smallest absolute Gasteiger partial charge is 0.410 e. The van der Waals surface area contributed by atoms with Crippen molar-refractivity contribution in [1.82, 2.24) is 34.5 Å². The van der Waals surface area contributed by atoms with Crippen LogP contribution in [0.2, 0.25) is 0 Å². The largest absolute Gasteiger partial charge is 0.444 e. The molecule has 1 fully saturated rings. The number of pyridine rings is 1. The molecule has 1 unspecified atom stereocenters. The zero-order valence-electron chi connectivity index (χ0n) is 22.9. The van der Waals surface area contributed by atoms with Gasteiger partial charge >= 0.3 is 6.09 Å². The number of hydrogen-bond donors (Lipinski definition) is 2. The molecule has 1 aliphatic rings. The van der Waals surface area contributed by atoms with Gasteiger partial charge in [-0.2, -0.15) is 5.10 Å². The Bertz CT molecular complexity index is 1420. The molecule has 10 heteroatoms. The van der Waals surface area contributed by atoms with Gasteiger partial charge in [0.05, 0.1) is 22.9 Å². The molecule has 4 aromatic rings. The molecule has 4 heterocycles. The second-order valence-electron chi connectivity index (χ2n) is 10.9. The summed E-state index contributed by atoms with van der Waals surface area (Å²) >= 11 is 0. The first-order valence-electron chi connectivity index (χ1n) is 13.0. The second-order valence-corrected chi connectivity index (χ2v) is 10.9. The first-order chi connectivity index (χ1) is 18.1. The lowest BCUT2D eigenvalue weighted by Crippen LogP contribution is -2.50. The van der Waals surface area contributed by atoms with Gasteiger partial charge in [-0.3, -0.25) is 9.58 Å². The van der Waals surface area contributed by atoms with Crippen LogP contribution < -0.4 is 5.32 Å². The Balaban J connectivity index is 1.25.